The van der Waals surface area contributed by atoms with Crippen LogP contribution in [0.5, 0.6) is 11.5 Å². The van der Waals surface area contributed by atoms with E-state index in [1.54, 1.807) is 0 Å². The zero-order valence-corrected chi connectivity index (χ0v) is 13.0. The molecule has 0 unspecified atom stereocenters. The maximum atomic E-state index is 5.66. The molecule has 0 amide bonds. The Balaban J connectivity index is 1.57. The number of aryl methyl sites for hydroxylation is 3. The molecule has 0 bridgehead atoms. The molecule has 0 atom stereocenters. The average Bonchev–Trinajstić information content (AvgIpc) is 3.21. The van der Waals surface area contributed by atoms with Gasteiger partial charge in [0.15, 0.2) is 11.5 Å². The van der Waals surface area contributed by atoms with E-state index in [1.165, 1.54) is 5.56 Å². The maximum Gasteiger partial charge on any atom is 0.162 e. The van der Waals surface area contributed by atoms with Crippen LogP contribution < -0.4 is 9.47 Å². The number of hydrogen-bond acceptors (Lipinski definition) is 4. The fourth-order valence-electron chi connectivity index (χ4n) is 2.78. The monoisotopic (exact) mass is 310 g/mol. The highest BCUT2D eigenvalue weighted by atomic mass is 16.6. The number of imidazole rings is 1. The van der Waals surface area contributed by atoms with Crippen molar-refractivity contribution < 1.29 is 9.47 Å². The van der Waals surface area contributed by atoms with E-state index in [0.717, 1.165) is 35.9 Å². The lowest BCUT2D eigenvalue weighted by molar-refractivity contribution is 0.171. The third-order valence-electron chi connectivity index (χ3n) is 3.92. The first-order valence-electron chi connectivity index (χ1n) is 7.68. The van der Waals surface area contributed by atoms with Crippen LogP contribution in [-0.2, 0) is 20.0 Å². The van der Waals surface area contributed by atoms with Crippen LogP contribution in [0.25, 0.3) is 11.4 Å². The molecule has 0 saturated heterocycles. The molecule has 6 heteroatoms. The van der Waals surface area contributed by atoms with Crippen LogP contribution in [0.4, 0.5) is 0 Å². The molecule has 1 aromatic carbocycles. The maximum absolute atomic E-state index is 5.66. The number of rotatable bonds is 4. The minimum Gasteiger partial charge on any atom is -0.486 e. The molecule has 118 valence electrons. The molecule has 23 heavy (non-hydrogen) atoms. The Morgan fingerprint density at radius 1 is 1.17 bits per heavy atom. The van der Waals surface area contributed by atoms with Gasteiger partial charge in [0.2, 0.25) is 0 Å². The zero-order chi connectivity index (χ0) is 15.6. The molecular formula is C17H18N4O2. The largest absolute Gasteiger partial charge is 0.486 e. The van der Waals surface area contributed by atoms with Crippen molar-refractivity contribution >= 4 is 0 Å². The standard InChI is InChI=1S/C17H18N4O2/c1-20-12-13(11-19-20)4-6-21-7-5-18-17(21)14-2-3-15-16(10-14)23-9-8-22-15/h2-3,5,7,10-12H,4,6,8-9H2,1H3. The average molecular weight is 310 g/mol. The van der Waals surface area contributed by atoms with Gasteiger partial charge in [0.25, 0.3) is 0 Å². The highest BCUT2D eigenvalue weighted by Crippen LogP contribution is 2.34. The summed E-state index contributed by atoms with van der Waals surface area (Å²) in [7, 11) is 1.93. The fourth-order valence-corrected chi connectivity index (χ4v) is 2.78. The summed E-state index contributed by atoms with van der Waals surface area (Å²) in [6.07, 6.45) is 8.70. The van der Waals surface area contributed by atoms with Gasteiger partial charge in [0.1, 0.15) is 19.0 Å². The lowest BCUT2D eigenvalue weighted by atomic mass is 10.1. The van der Waals surface area contributed by atoms with Crippen LogP contribution in [0.3, 0.4) is 0 Å². The van der Waals surface area contributed by atoms with Gasteiger partial charge >= 0.3 is 0 Å². The van der Waals surface area contributed by atoms with E-state index in [2.05, 4.69) is 14.6 Å². The summed E-state index contributed by atoms with van der Waals surface area (Å²) in [6.45, 7) is 2.05. The second-order valence-electron chi connectivity index (χ2n) is 5.57. The SMILES string of the molecule is Cn1cc(CCn2ccnc2-c2ccc3c(c2)OCCO3)cn1. The first-order chi connectivity index (χ1) is 11.3. The molecule has 2 aromatic heterocycles. The van der Waals surface area contributed by atoms with E-state index in [0.29, 0.717) is 13.2 Å². The number of hydrogen-bond donors (Lipinski definition) is 0. The van der Waals surface area contributed by atoms with Crippen LogP contribution in [-0.4, -0.2) is 32.5 Å². The van der Waals surface area contributed by atoms with Gasteiger partial charge in [-0.3, -0.25) is 4.68 Å². The number of ether oxygens (including phenoxy) is 2. The molecule has 3 heterocycles. The highest BCUT2D eigenvalue weighted by Gasteiger charge is 2.14. The Kier molecular flexibility index (Phi) is 3.49. The molecule has 4 rings (SSSR count). The minimum absolute atomic E-state index is 0.589. The summed E-state index contributed by atoms with van der Waals surface area (Å²) in [5.74, 6) is 2.52. The van der Waals surface area contributed by atoms with Crippen LogP contribution in [0.1, 0.15) is 5.56 Å². The lowest BCUT2D eigenvalue weighted by Crippen LogP contribution is -2.15. The molecule has 3 aromatic rings. The van der Waals surface area contributed by atoms with Gasteiger partial charge < -0.3 is 14.0 Å². The predicted molar refractivity (Wildman–Crippen MR) is 85.6 cm³/mol. The van der Waals surface area contributed by atoms with Gasteiger partial charge in [-0.15, -0.1) is 0 Å². The molecule has 0 saturated carbocycles. The fraction of sp³-hybridized carbons (Fsp3) is 0.294. The quantitative estimate of drug-likeness (QED) is 0.742. The highest BCUT2D eigenvalue weighted by molar-refractivity contribution is 5.61. The summed E-state index contributed by atoms with van der Waals surface area (Å²) in [5.41, 5.74) is 2.25. The van der Waals surface area contributed by atoms with Crippen molar-refractivity contribution in [3.63, 3.8) is 0 Å². The van der Waals surface area contributed by atoms with Gasteiger partial charge in [-0.25, -0.2) is 4.98 Å². The summed E-state index contributed by atoms with van der Waals surface area (Å²) < 4.78 is 15.2. The van der Waals surface area contributed by atoms with Crippen molar-refractivity contribution in [3.05, 3.63) is 48.5 Å². The Bertz CT molecular complexity index is 822. The second kappa shape index (κ2) is 5.79. The van der Waals surface area contributed by atoms with Crippen LogP contribution in [0, 0.1) is 0 Å². The topological polar surface area (TPSA) is 54.1 Å². The minimum atomic E-state index is 0.589. The van der Waals surface area contributed by atoms with E-state index in [9.17, 15) is 0 Å². The summed E-state index contributed by atoms with van der Waals surface area (Å²) in [4.78, 5) is 4.50. The predicted octanol–water partition coefficient (Wildman–Crippen LogP) is 2.30. The van der Waals surface area contributed by atoms with Gasteiger partial charge in [-0.1, -0.05) is 0 Å². The van der Waals surface area contributed by atoms with Crippen molar-refractivity contribution in [2.75, 3.05) is 13.2 Å². The van der Waals surface area contributed by atoms with E-state index < -0.39 is 0 Å². The number of aromatic nitrogens is 4. The van der Waals surface area contributed by atoms with Crippen LogP contribution in [0.15, 0.2) is 43.0 Å². The van der Waals surface area contributed by atoms with E-state index in [-0.39, 0.29) is 0 Å². The number of fused-ring (bicyclic) bond motifs is 1. The molecular weight excluding hydrogens is 292 g/mol. The van der Waals surface area contributed by atoms with Gasteiger partial charge in [0.05, 0.1) is 6.20 Å². The van der Waals surface area contributed by atoms with Crippen LogP contribution in [0.2, 0.25) is 0 Å². The molecule has 0 N–H and O–H groups in total. The second-order valence-corrected chi connectivity index (χ2v) is 5.57. The smallest absolute Gasteiger partial charge is 0.162 e. The van der Waals surface area contributed by atoms with Gasteiger partial charge in [-0.05, 0) is 30.2 Å². The molecule has 0 aliphatic carbocycles. The first-order valence-corrected chi connectivity index (χ1v) is 7.68. The first kappa shape index (κ1) is 13.9. The molecule has 0 radical (unpaired) electrons. The van der Waals surface area contributed by atoms with Crippen molar-refractivity contribution in [2.45, 2.75) is 13.0 Å². The van der Waals surface area contributed by atoms with Gasteiger partial charge in [0, 0.05) is 37.7 Å². The molecule has 6 nitrogen and oxygen atoms in total. The summed E-state index contributed by atoms with van der Waals surface area (Å²) >= 11 is 0. The normalized spacial score (nSPS) is 13.3. The Hall–Kier alpha value is -2.76. The number of benzene rings is 1. The van der Waals surface area contributed by atoms with Crippen LogP contribution >= 0.6 is 0 Å². The molecule has 1 aliphatic rings. The number of nitrogens with zero attached hydrogens (tertiary/aromatic N) is 4. The molecule has 0 fully saturated rings. The Labute approximate surface area is 134 Å². The van der Waals surface area contributed by atoms with E-state index >= 15 is 0 Å². The third-order valence-corrected chi connectivity index (χ3v) is 3.92. The summed E-state index contributed by atoms with van der Waals surface area (Å²) in [6, 6.07) is 5.97. The van der Waals surface area contributed by atoms with E-state index in [4.69, 9.17) is 9.47 Å². The Morgan fingerprint density at radius 3 is 2.87 bits per heavy atom. The summed E-state index contributed by atoms with van der Waals surface area (Å²) in [5, 5.41) is 4.21. The van der Waals surface area contributed by atoms with E-state index in [1.807, 2.05) is 54.7 Å². The van der Waals surface area contributed by atoms with Crippen molar-refractivity contribution in [2.24, 2.45) is 7.05 Å². The van der Waals surface area contributed by atoms with Gasteiger partial charge in [-0.2, -0.15) is 5.10 Å². The van der Waals surface area contributed by atoms with Crippen molar-refractivity contribution in [3.8, 4) is 22.9 Å². The van der Waals surface area contributed by atoms with Crippen molar-refractivity contribution in [1.29, 1.82) is 0 Å². The van der Waals surface area contributed by atoms with Crippen molar-refractivity contribution in [1.82, 2.24) is 19.3 Å². The zero-order valence-electron chi connectivity index (χ0n) is 13.0. The lowest BCUT2D eigenvalue weighted by Gasteiger charge is -2.19. The Morgan fingerprint density at radius 2 is 2.04 bits per heavy atom. The third kappa shape index (κ3) is 2.79. The molecule has 0 spiro atoms. The molecule has 1 aliphatic heterocycles.